The highest BCUT2D eigenvalue weighted by molar-refractivity contribution is 7.89. The van der Waals surface area contributed by atoms with Crippen LogP contribution in [0.25, 0.3) is 11.4 Å². The van der Waals surface area contributed by atoms with Gasteiger partial charge in [0.25, 0.3) is 5.91 Å². The highest BCUT2D eigenvalue weighted by Gasteiger charge is 2.31. The Morgan fingerprint density at radius 1 is 1.19 bits per heavy atom. The molecule has 14 heteroatoms. The number of piperazine rings is 1. The summed E-state index contributed by atoms with van der Waals surface area (Å²) in [6.07, 6.45) is 0. The van der Waals surface area contributed by atoms with E-state index < -0.39 is 27.9 Å². The van der Waals surface area contributed by atoms with Gasteiger partial charge < -0.3 is 19.6 Å². The van der Waals surface area contributed by atoms with Crippen LogP contribution in [-0.2, 0) is 14.8 Å². The van der Waals surface area contributed by atoms with Gasteiger partial charge in [0.05, 0.1) is 14.1 Å². The Labute approximate surface area is 217 Å². The fourth-order valence-corrected chi connectivity index (χ4v) is 5.81. The summed E-state index contributed by atoms with van der Waals surface area (Å²) in [6.45, 7) is 3.63. The van der Waals surface area contributed by atoms with Crippen LogP contribution < -0.4 is 10.0 Å². The minimum absolute atomic E-state index is 0.0741. The standard InChI is InChI=1S/C22H25ClN6O5S2/c1-14-25-20(26-34-14)15-4-3-5-16(12-15)36(32,33)27-17(22(31)29-10-8-28(2)9-11-29)13-24-21(30)18-6-7-19(23)35-18/h3-7,12,17,27H,8-11,13H2,1-2H3,(H,24,30)/t17-/m0/s1. The summed E-state index contributed by atoms with van der Waals surface area (Å²) in [7, 11) is -2.20. The molecule has 2 amide bonds. The van der Waals surface area contributed by atoms with Gasteiger partial charge in [0.2, 0.25) is 27.6 Å². The SMILES string of the molecule is Cc1nc(-c2cccc(S(=O)(=O)N[C@@H](CNC(=O)c3ccc(Cl)s3)C(=O)N3CCN(C)CC3)c2)no1. The van der Waals surface area contributed by atoms with Crippen molar-refractivity contribution >= 4 is 44.8 Å². The molecule has 3 heterocycles. The van der Waals surface area contributed by atoms with E-state index in [-0.39, 0.29) is 17.3 Å². The molecule has 0 saturated carbocycles. The Balaban J connectivity index is 1.55. The normalized spacial score (nSPS) is 15.6. The maximum absolute atomic E-state index is 13.3. The van der Waals surface area contributed by atoms with Crippen molar-refractivity contribution in [2.75, 3.05) is 39.8 Å². The molecule has 0 spiro atoms. The van der Waals surface area contributed by atoms with E-state index in [1.807, 2.05) is 7.05 Å². The molecule has 1 aliphatic rings. The van der Waals surface area contributed by atoms with E-state index in [1.54, 1.807) is 36.1 Å². The van der Waals surface area contributed by atoms with Gasteiger partial charge in [-0.05, 0) is 31.3 Å². The maximum atomic E-state index is 13.3. The molecule has 36 heavy (non-hydrogen) atoms. The fourth-order valence-electron chi connectivity index (χ4n) is 3.62. The minimum atomic E-state index is -4.15. The van der Waals surface area contributed by atoms with Crippen LogP contribution in [0.5, 0.6) is 0 Å². The maximum Gasteiger partial charge on any atom is 0.261 e. The van der Waals surface area contributed by atoms with Crippen LogP contribution in [0.2, 0.25) is 4.34 Å². The molecule has 1 fully saturated rings. The summed E-state index contributed by atoms with van der Waals surface area (Å²) in [6, 6.07) is 7.95. The van der Waals surface area contributed by atoms with Crippen molar-refractivity contribution in [3.63, 3.8) is 0 Å². The molecule has 1 saturated heterocycles. The number of nitrogens with one attached hydrogen (secondary N) is 2. The first-order valence-electron chi connectivity index (χ1n) is 11.1. The third-order valence-electron chi connectivity index (χ3n) is 5.60. The summed E-state index contributed by atoms with van der Waals surface area (Å²) in [5.74, 6) is -0.272. The molecule has 192 valence electrons. The Morgan fingerprint density at radius 2 is 1.94 bits per heavy atom. The molecule has 0 bridgehead atoms. The molecule has 1 aliphatic heterocycles. The molecule has 1 aromatic carbocycles. The number of aryl methyl sites for hydroxylation is 1. The zero-order chi connectivity index (χ0) is 25.9. The van der Waals surface area contributed by atoms with Crippen LogP contribution in [0, 0.1) is 6.92 Å². The minimum Gasteiger partial charge on any atom is -0.349 e. The fraction of sp³-hybridized carbons (Fsp3) is 0.364. The molecular weight excluding hydrogens is 528 g/mol. The zero-order valence-electron chi connectivity index (χ0n) is 19.6. The van der Waals surface area contributed by atoms with E-state index in [2.05, 4.69) is 25.1 Å². The Morgan fingerprint density at radius 3 is 2.58 bits per heavy atom. The molecule has 4 rings (SSSR count). The number of sulfonamides is 1. The van der Waals surface area contributed by atoms with Gasteiger partial charge >= 0.3 is 0 Å². The summed E-state index contributed by atoms with van der Waals surface area (Å²) in [5.41, 5.74) is 0.444. The Bertz CT molecular complexity index is 1350. The van der Waals surface area contributed by atoms with Crippen molar-refractivity contribution in [2.24, 2.45) is 0 Å². The molecule has 2 N–H and O–H groups in total. The van der Waals surface area contributed by atoms with Gasteiger partial charge in [-0.15, -0.1) is 11.3 Å². The van der Waals surface area contributed by atoms with Gasteiger partial charge in [-0.1, -0.05) is 28.9 Å². The molecule has 3 aromatic rings. The van der Waals surface area contributed by atoms with Crippen molar-refractivity contribution in [1.29, 1.82) is 0 Å². The molecule has 2 aromatic heterocycles. The number of likely N-dealkylation sites (N-methyl/N-ethyl adjacent to an activating group) is 1. The topological polar surface area (TPSA) is 138 Å². The average molecular weight is 553 g/mol. The van der Waals surface area contributed by atoms with Gasteiger partial charge in [-0.2, -0.15) is 9.71 Å². The first kappa shape index (κ1) is 26.2. The first-order chi connectivity index (χ1) is 17.1. The molecule has 0 radical (unpaired) electrons. The van der Waals surface area contributed by atoms with Crippen molar-refractivity contribution in [3.8, 4) is 11.4 Å². The summed E-state index contributed by atoms with van der Waals surface area (Å²) < 4.78 is 34.5. The highest BCUT2D eigenvalue weighted by Crippen LogP contribution is 2.22. The predicted molar refractivity (Wildman–Crippen MR) is 134 cm³/mol. The summed E-state index contributed by atoms with van der Waals surface area (Å²) >= 11 is 7.00. The number of benzene rings is 1. The number of rotatable bonds is 8. The lowest BCUT2D eigenvalue weighted by atomic mass is 10.2. The number of halogens is 1. The Kier molecular flexibility index (Phi) is 8.05. The van der Waals surface area contributed by atoms with Crippen LogP contribution in [0.15, 0.2) is 45.8 Å². The number of hydrogen-bond donors (Lipinski definition) is 2. The quantitative estimate of drug-likeness (QED) is 0.430. The second-order valence-corrected chi connectivity index (χ2v) is 11.7. The lowest BCUT2D eigenvalue weighted by Gasteiger charge is -2.34. The van der Waals surface area contributed by atoms with E-state index in [9.17, 15) is 18.0 Å². The first-order valence-corrected chi connectivity index (χ1v) is 13.7. The third-order valence-corrected chi connectivity index (χ3v) is 8.30. The highest BCUT2D eigenvalue weighted by atomic mass is 35.5. The third kappa shape index (κ3) is 6.28. The molecule has 0 unspecified atom stereocenters. The van der Waals surface area contributed by atoms with E-state index in [0.29, 0.717) is 46.8 Å². The van der Waals surface area contributed by atoms with Crippen LogP contribution in [0.1, 0.15) is 15.6 Å². The summed E-state index contributed by atoms with van der Waals surface area (Å²) in [4.78, 5) is 34.0. The number of carbonyl (C=O) groups excluding carboxylic acids is 2. The zero-order valence-corrected chi connectivity index (χ0v) is 22.0. The van der Waals surface area contributed by atoms with Gasteiger partial charge in [0.15, 0.2) is 0 Å². The van der Waals surface area contributed by atoms with Crippen molar-refractivity contribution in [3.05, 3.63) is 51.5 Å². The van der Waals surface area contributed by atoms with E-state index in [0.717, 1.165) is 11.3 Å². The van der Waals surface area contributed by atoms with Gasteiger partial charge in [-0.25, -0.2) is 8.42 Å². The van der Waals surface area contributed by atoms with Crippen LogP contribution in [-0.4, -0.2) is 86.0 Å². The number of hydrogen-bond acceptors (Lipinski definition) is 9. The summed E-state index contributed by atoms with van der Waals surface area (Å²) in [5, 5.41) is 6.47. The predicted octanol–water partition coefficient (Wildman–Crippen LogP) is 1.61. The number of amides is 2. The molecule has 1 atom stereocenters. The Hall–Kier alpha value is -2.84. The van der Waals surface area contributed by atoms with Crippen LogP contribution >= 0.6 is 22.9 Å². The van der Waals surface area contributed by atoms with Crippen molar-refractivity contribution in [2.45, 2.75) is 17.9 Å². The van der Waals surface area contributed by atoms with Crippen LogP contribution in [0.3, 0.4) is 0 Å². The number of carbonyl (C=O) groups is 2. The molecular formula is C22H25ClN6O5S2. The second-order valence-electron chi connectivity index (χ2n) is 8.28. The lowest BCUT2D eigenvalue weighted by Crippen LogP contribution is -2.57. The van der Waals surface area contributed by atoms with E-state index >= 15 is 0 Å². The molecule has 0 aliphatic carbocycles. The van der Waals surface area contributed by atoms with Gasteiger partial charge in [0, 0.05) is 45.2 Å². The van der Waals surface area contributed by atoms with E-state index in [1.165, 1.54) is 12.1 Å². The largest absolute Gasteiger partial charge is 0.349 e. The van der Waals surface area contributed by atoms with Crippen molar-refractivity contribution in [1.82, 2.24) is 30.0 Å². The van der Waals surface area contributed by atoms with Gasteiger partial charge in [0.1, 0.15) is 6.04 Å². The smallest absolute Gasteiger partial charge is 0.261 e. The van der Waals surface area contributed by atoms with Gasteiger partial charge in [-0.3, -0.25) is 9.59 Å². The van der Waals surface area contributed by atoms with Crippen molar-refractivity contribution < 1.29 is 22.5 Å². The lowest BCUT2D eigenvalue weighted by molar-refractivity contribution is -0.134. The number of aromatic nitrogens is 2. The number of nitrogens with zero attached hydrogens (tertiary/aromatic N) is 4. The molecule has 11 nitrogen and oxygen atoms in total. The van der Waals surface area contributed by atoms with E-state index in [4.69, 9.17) is 16.1 Å². The second kappa shape index (κ2) is 11.0. The monoisotopic (exact) mass is 552 g/mol. The number of thiophene rings is 1. The van der Waals surface area contributed by atoms with Crippen LogP contribution in [0.4, 0.5) is 0 Å². The average Bonchev–Trinajstić information content (AvgIpc) is 3.50.